The Morgan fingerprint density at radius 3 is 2.55 bits per heavy atom. The lowest BCUT2D eigenvalue weighted by Crippen LogP contribution is -2.22. The van der Waals surface area contributed by atoms with Crippen LogP contribution < -0.4 is 5.73 Å². The smallest absolute Gasteiger partial charge is 0.338 e. The van der Waals surface area contributed by atoms with Crippen LogP contribution >= 0.6 is 0 Å². The van der Waals surface area contributed by atoms with Gasteiger partial charge in [0.25, 0.3) is 5.69 Å². The van der Waals surface area contributed by atoms with E-state index < -0.39 is 10.9 Å². The quantitative estimate of drug-likeness (QED) is 0.292. The summed E-state index contributed by atoms with van der Waals surface area (Å²) in [5.41, 5.74) is 4.91. The second kappa shape index (κ2) is 6.33. The Kier molecular flexibility index (Phi) is 5.04. The molecule has 0 unspecified atom stereocenters. The zero-order valence-electron chi connectivity index (χ0n) is 11.7. The summed E-state index contributed by atoms with van der Waals surface area (Å²) < 4.78 is 10.4. The van der Waals surface area contributed by atoms with Crippen molar-refractivity contribution in [3.8, 4) is 0 Å². The molecule has 0 aliphatic heterocycles. The summed E-state index contributed by atoms with van der Waals surface area (Å²) in [5, 5.41) is 10.7. The first-order chi connectivity index (χ1) is 9.20. The van der Waals surface area contributed by atoms with Crippen LogP contribution in [0, 0.1) is 10.1 Å². The molecule has 1 aromatic rings. The van der Waals surface area contributed by atoms with Crippen LogP contribution in [0.1, 0.15) is 31.1 Å². The number of hydrogen-bond acceptors (Lipinski definition) is 6. The maximum absolute atomic E-state index is 11.7. The van der Waals surface area contributed by atoms with Crippen LogP contribution in [0.4, 0.5) is 11.4 Å². The minimum atomic E-state index is -0.648. The van der Waals surface area contributed by atoms with Crippen molar-refractivity contribution in [2.45, 2.75) is 26.4 Å². The van der Waals surface area contributed by atoms with E-state index in [2.05, 4.69) is 0 Å². The standard InChI is InChI=1S/C13H18N2O5/c1-13(2,3)20-7-6-19-12(16)9-4-5-10(14)11(8-9)15(17)18/h4-5,8H,6-7,14H2,1-3H3. The average Bonchev–Trinajstić information content (AvgIpc) is 2.33. The van der Waals surface area contributed by atoms with Crippen molar-refractivity contribution in [1.29, 1.82) is 0 Å². The van der Waals surface area contributed by atoms with E-state index >= 15 is 0 Å². The van der Waals surface area contributed by atoms with Gasteiger partial charge in [-0.3, -0.25) is 10.1 Å². The Bertz CT molecular complexity index is 508. The van der Waals surface area contributed by atoms with Crippen LogP contribution in [0.25, 0.3) is 0 Å². The number of hydrogen-bond donors (Lipinski definition) is 1. The molecule has 110 valence electrons. The van der Waals surface area contributed by atoms with Crippen LogP contribution in [0.15, 0.2) is 18.2 Å². The van der Waals surface area contributed by atoms with E-state index in [1.54, 1.807) is 0 Å². The molecular formula is C13H18N2O5. The number of anilines is 1. The van der Waals surface area contributed by atoms with E-state index in [0.29, 0.717) is 0 Å². The van der Waals surface area contributed by atoms with Crippen molar-refractivity contribution in [3.05, 3.63) is 33.9 Å². The second-order valence-corrected chi connectivity index (χ2v) is 5.13. The summed E-state index contributed by atoms with van der Waals surface area (Å²) in [5.74, 6) is -0.648. The first-order valence-electron chi connectivity index (χ1n) is 6.06. The van der Waals surface area contributed by atoms with Crippen LogP contribution in [0.3, 0.4) is 0 Å². The third-order valence-electron chi connectivity index (χ3n) is 2.31. The number of esters is 1. The molecule has 0 spiro atoms. The molecule has 0 aliphatic carbocycles. The number of rotatable bonds is 5. The number of carbonyl (C=O) groups excluding carboxylic acids is 1. The Balaban J connectivity index is 2.60. The minimum Gasteiger partial charge on any atom is -0.460 e. The highest BCUT2D eigenvalue weighted by Crippen LogP contribution is 2.22. The third kappa shape index (κ3) is 4.85. The summed E-state index contributed by atoms with van der Waals surface area (Å²) in [6, 6.07) is 3.79. The highest BCUT2D eigenvalue weighted by molar-refractivity contribution is 5.91. The molecule has 0 fully saturated rings. The van der Waals surface area contributed by atoms with Crippen molar-refractivity contribution < 1.29 is 19.2 Å². The van der Waals surface area contributed by atoms with Crippen LogP contribution in [0.2, 0.25) is 0 Å². The van der Waals surface area contributed by atoms with Gasteiger partial charge < -0.3 is 15.2 Å². The maximum atomic E-state index is 11.7. The first-order valence-corrected chi connectivity index (χ1v) is 6.06. The van der Waals surface area contributed by atoms with E-state index in [9.17, 15) is 14.9 Å². The lowest BCUT2D eigenvalue weighted by molar-refractivity contribution is -0.383. The Hall–Kier alpha value is -2.15. The van der Waals surface area contributed by atoms with Gasteiger partial charge in [-0.2, -0.15) is 0 Å². The molecule has 0 amide bonds. The van der Waals surface area contributed by atoms with E-state index in [-0.39, 0.29) is 35.8 Å². The number of carbonyl (C=O) groups is 1. The molecule has 0 atom stereocenters. The lowest BCUT2D eigenvalue weighted by atomic mass is 10.2. The number of ether oxygens (including phenoxy) is 2. The minimum absolute atomic E-state index is 0.00242. The largest absolute Gasteiger partial charge is 0.460 e. The molecular weight excluding hydrogens is 264 g/mol. The molecule has 0 aliphatic rings. The molecule has 1 rings (SSSR count). The van der Waals surface area contributed by atoms with Gasteiger partial charge in [0.1, 0.15) is 12.3 Å². The normalized spacial score (nSPS) is 11.2. The van der Waals surface area contributed by atoms with Crippen LogP contribution in [-0.2, 0) is 9.47 Å². The fourth-order valence-corrected chi connectivity index (χ4v) is 1.39. The predicted octanol–water partition coefficient (Wildman–Crippen LogP) is 2.15. The van der Waals surface area contributed by atoms with Gasteiger partial charge in [0.15, 0.2) is 0 Å². The first kappa shape index (κ1) is 15.9. The molecule has 0 saturated carbocycles. The summed E-state index contributed by atoms with van der Waals surface area (Å²) in [6.45, 7) is 6.00. The van der Waals surface area contributed by atoms with Gasteiger partial charge in [-0.25, -0.2) is 4.79 Å². The van der Waals surface area contributed by atoms with Crippen molar-refractivity contribution in [2.24, 2.45) is 0 Å². The topological polar surface area (TPSA) is 105 Å². The highest BCUT2D eigenvalue weighted by Gasteiger charge is 2.17. The Labute approximate surface area is 116 Å². The van der Waals surface area contributed by atoms with Gasteiger partial charge in [-0.05, 0) is 32.9 Å². The van der Waals surface area contributed by atoms with Crippen LogP contribution in [0.5, 0.6) is 0 Å². The molecule has 0 aromatic heterocycles. The molecule has 20 heavy (non-hydrogen) atoms. The van der Waals surface area contributed by atoms with E-state index in [4.69, 9.17) is 15.2 Å². The predicted molar refractivity (Wildman–Crippen MR) is 73.5 cm³/mol. The number of benzene rings is 1. The van der Waals surface area contributed by atoms with Gasteiger partial charge in [-0.15, -0.1) is 0 Å². The summed E-state index contributed by atoms with van der Waals surface area (Å²) in [4.78, 5) is 21.8. The number of nitro groups is 1. The van der Waals surface area contributed by atoms with E-state index in [0.717, 1.165) is 6.07 Å². The van der Waals surface area contributed by atoms with Crippen molar-refractivity contribution >= 4 is 17.3 Å². The molecule has 0 radical (unpaired) electrons. The SMILES string of the molecule is CC(C)(C)OCCOC(=O)c1ccc(N)c([N+](=O)[O-])c1. The summed E-state index contributed by atoms with van der Waals surface area (Å²) in [6.07, 6.45) is 0. The molecule has 2 N–H and O–H groups in total. The molecule has 0 saturated heterocycles. The summed E-state index contributed by atoms with van der Waals surface area (Å²) in [7, 11) is 0. The second-order valence-electron chi connectivity index (χ2n) is 5.13. The van der Waals surface area contributed by atoms with Gasteiger partial charge in [0, 0.05) is 6.07 Å². The van der Waals surface area contributed by atoms with Crippen molar-refractivity contribution in [3.63, 3.8) is 0 Å². The van der Waals surface area contributed by atoms with Crippen molar-refractivity contribution in [1.82, 2.24) is 0 Å². The molecule has 0 bridgehead atoms. The fraction of sp³-hybridized carbons (Fsp3) is 0.462. The van der Waals surface area contributed by atoms with E-state index in [1.807, 2.05) is 20.8 Å². The van der Waals surface area contributed by atoms with Gasteiger partial charge in [-0.1, -0.05) is 0 Å². The van der Waals surface area contributed by atoms with Crippen molar-refractivity contribution in [2.75, 3.05) is 18.9 Å². The van der Waals surface area contributed by atoms with E-state index in [1.165, 1.54) is 12.1 Å². The van der Waals surface area contributed by atoms with Crippen LogP contribution in [-0.4, -0.2) is 29.7 Å². The molecule has 7 nitrogen and oxygen atoms in total. The van der Waals surface area contributed by atoms with Gasteiger partial charge >= 0.3 is 5.97 Å². The molecule has 7 heteroatoms. The summed E-state index contributed by atoms with van der Waals surface area (Å²) >= 11 is 0. The maximum Gasteiger partial charge on any atom is 0.338 e. The number of nitro benzene ring substituents is 1. The molecule has 1 aromatic carbocycles. The average molecular weight is 282 g/mol. The van der Waals surface area contributed by atoms with Gasteiger partial charge in [0.2, 0.25) is 0 Å². The highest BCUT2D eigenvalue weighted by atomic mass is 16.6. The zero-order valence-corrected chi connectivity index (χ0v) is 11.7. The molecule has 0 heterocycles. The Morgan fingerprint density at radius 2 is 2.00 bits per heavy atom. The van der Waals surface area contributed by atoms with Gasteiger partial charge in [0.05, 0.1) is 22.7 Å². The zero-order chi connectivity index (χ0) is 15.3. The Morgan fingerprint density at radius 1 is 1.35 bits per heavy atom. The third-order valence-corrected chi connectivity index (χ3v) is 2.31. The monoisotopic (exact) mass is 282 g/mol. The number of nitrogen functional groups attached to an aromatic ring is 1. The number of nitrogens with two attached hydrogens (primary N) is 1. The number of nitrogens with zero attached hydrogens (tertiary/aromatic N) is 1. The fourth-order valence-electron chi connectivity index (χ4n) is 1.39. The lowest BCUT2D eigenvalue weighted by Gasteiger charge is -2.19.